The predicted octanol–water partition coefficient (Wildman–Crippen LogP) is 3.65. The molecule has 0 unspecified atom stereocenters. The van der Waals surface area contributed by atoms with Gasteiger partial charge in [-0.2, -0.15) is 0 Å². The molecule has 1 amide bonds. The lowest BCUT2D eigenvalue weighted by Crippen LogP contribution is -2.27. The van der Waals surface area contributed by atoms with Gasteiger partial charge in [0.15, 0.2) is 10.9 Å². The molecule has 6 nitrogen and oxygen atoms in total. The van der Waals surface area contributed by atoms with Gasteiger partial charge in [-0.1, -0.05) is 48.2 Å². The number of ether oxygens (including phenoxy) is 3. The first-order valence-electron chi connectivity index (χ1n) is 8.24. The van der Waals surface area contributed by atoms with Crippen LogP contribution in [0.3, 0.4) is 0 Å². The zero-order valence-corrected chi connectivity index (χ0v) is 16.8. The van der Waals surface area contributed by atoms with Gasteiger partial charge in [0.05, 0.1) is 24.8 Å². The first-order valence-corrected chi connectivity index (χ1v) is 9.46. The lowest BCUT2D eigenvalue weighted by atomic mass is 10.2. The maximum atomic E-state index is 12.9. The summed E-state index contributed by atoms with van der Waals surface area (Å²) >= 11 is 6.63. The molecule has 0 saturated carbocycles. The number of nitrogens with zero attached hydrogens (tertiary/aromatic N) is 1. The molecule has 2 aromatic rings. The quantitative estimate of drug-likeness (QED) is 0.405. The Morgan fingerprint density at radius 1 is 1.14 bits per heavy atom. The summed E-state index contributed by atoms with van der Waals surface area (Å²) in [5, 5.41) is 0. The van der Waals surface area contributed by atoms with Crippen molar-refractivity contribution in [3.05, 3.63) is 59.0 Å². The van der Waals surface area contributed by atoms with E-state index in [0.29, 0.717) is 26.4 Å². The first-order chi connectivity index (χ1) is 13.5. The Balaban J connectivity index is 1.77. The van der Waals surface area contributed by atoms with Gasteiger partial charge < -0.3 is 14.2 Å². The van der Waals surface area contributed by atoms with Gasteiger partial charge in [-0.15, -0.1) is 0 Å². The summed E-state index contributed by atoms with van der Waals surface area (Å²) in [5.74, 6) is 0.450. The molecule has 0 spiro atoms. The van der Waals surface area contributed by atoms with Crippen molar-refractivity contribution in [2.24, 2.45) is 0 Å². The zero-order chi connectivity index (χ0) is 20.1. The van der Waals surface area contributed by atoms with E-state index in [9.17, 15) is 9.59 Å². The van der Waals surface area contributed by atoms with E-state index < -0.39 is 5.97 Å². The van der Waals surface area contributed by atoms with E-state index in [4.69, 9.17) is 21.7 Å². The lowest BCUT2D eigenvalue weighted by molar-refractivity contribution is -0.142. The maximum absolute atomic E-state index is 12.9. The number of methoxy groups -OCH3 is 2. The Kier molecular flexibility index (Phi) is 6.33. The van der Waals surface area contributed by atoms with Crippen LogP contribution in [0.15, 0.2) is 53.4 Å². The van der Waals surface area contributed by atoms with Crippen LogP contribution in [0.5, 0.6) is 11.5 Å². The molecule has 0 bridgehead atoms. The van der Waals surface area contributed by atoms with E-state index in [1.54, 1.807) is 49.6 Å². The average molecular weight is 415 g/mol. The second-order valence-corrected chi connectivity index (χ2v) is 7.30. The van der Waals surface area contributed by atoms with Gasteiger partial charge in [-0.25, -0.2) is 4.79 Å². The third-order valence-electron chi connectivity index (χ3n) is 3.88. The monoisotopic (exact) mass is 415 g/mol. The molecule has 3 rings (SSSR count). The van der Waals surface area contributed by atoms with Gasteiger partial charge >= 0.3 is 5.97 Å². The van der Waals surface area contributed by atoms with Crippen molar-refractivity contribution in [2.45, 2.75) is 0 Å². The summed E-state index contributed by atoms with van der Waals surface area (Å²) in [6, 6.07) is 14.3. The number of hydrogen-bond donors (Lipinski definition) is 0. The molecule has 1 aliphatic heterocycles. The Morgan fingerprint density at radius 2 is 1.86 bits per heavy atom. The van der Waals surface area contributed by atoms with Crippen LogP contribution in [0.25, 0.3) is 6.08 Å². The van der Waals surface area contributed by atoms with Crippen LogP contribution in [0.4, 0.5) is 5.69 Å². The maximum Gasteiger partial charge on any atom is 0.343 e. The van der Waals surface area contributed by atoms with E-state index in [1.165, 1.54) is 23.8 Å². The topological polar surface area (TPSA) is 65.1 Å². The van der Waals surface area contributed by atoms with Crippen LogP contribution >= 0.6 is 24.0 Å². The Hall–Kier alpha value is -2.84. The van der Waals surface area contributed by atoms with E-state index in [1.807, 2.05) is 12.1 Å². The fourth-order valence-corrected chi connectivity index (χ4v) is 3.79. The molecule has 1 aliphatic rings. The van der Waals surface area contributed by atoms with E-state index in [-0.39, 0.29) is 12.5 Å². The Labute approximate surface area is 172 Å². The highest BCUT2D eigenvalue weighted by atomic mass is 32.2. The molecule has 1 fully saturated rings. The molecule has 0 atom stereocenters. The van der Waals surface area contributed by atoms with Crippen molar-refractivity contribution >= 4 is 51.9 Å². The molecule has 0 N–H and O–H groups in total. The second-order valence-electron chi connectivity index (χ2n) is 5.62. The highest BCUT2D eigenvalue weighted by Crippen LogP contribution is 2.39. The number of anilines is 1. The number of esters is 1. The molecule has 0 aliphatic carbocycles. The molecular weight excluding hydrogens is 398 g/mol. The van der Waals surface area contributed by atoms with Gasteiger partial charge in [0.25, 0.3) is 5.91 Å². The minimum absolute atomic E-state index is 0.159. The summed E-state index contributed by atoms with van der Waals surface area (Å²) in [4.78, 5) is 26.0. The van der Waals surface area contributed by atoms with Gasteiger partial charge in [0, 0.05) is 0 Å². The highest BCUT2D eigenvalue weighted by Gasteiger charge is 2.34. The second kappa shape index (κ2) is 8.90. The normalized spacial score (nSPS) is 15.1. The van der Waals surface area contributed by atoms with Gasteiger partial charge in [-0.3, -0.25) is 9.69 Å². The molecule has 0 radical (unpaired) electrons. The van der Waals surface area contributed by atoms with Crippen molar-refractivity contribution in [1.29, 1.82) is 0 Å². The van der Waals surface area contributed by atoms with Crippen molar-refractivity contribution in [1.82, 2.24) is 0 Å². The third kappa shape index (κ3) is 4.35. The molecular formula is C20H17NO5S2. The number of para-hydroxylation sites is 2. The largest absolute Gasteiger partial charge is 0.495 e. The molecule has 1 saturated heterocycles. The van der Waals surface area contributed by atoms with E-state index in [0.717, 1.165) is 5.56 Å². The molecule has 2 aromatic carbocycles. The number of carbonyl (C=O) groups is 2. The zero-order valence-electron chi connectivity index (χ0n) is 15.2. The van der Waals surface area contributed by atoms with Crippen LogP contribution in [-0.4, -0.2) is 37.0 Å². The fourth-order valence-electron chi connectivity index (χ4n) is 2.50. The molecule has 28 heavy (non-hydrogen) atoms. The van der Waals surface area contributed by atoms with Gasteiger partial charge in [0.2, 0.25) is 0 Å². The lowest BCUT2D eigenvalue weighted by Gasteiger charge is -2.17. The van der Waals surface area contributed by atoms with E-state index in [2.05, 4.69) is 4.74 Å². The average Bonchev–Trinajstić information content (AvgIpc) is 3.00. The van der Waals surface area contributed by atoms with Crippen molar-refractivity contribution < 1.29 is 23.8 Å². The fraction of sp³-hybridized carbons (Fsp3) is 0.150. The third-order valence-corrected chi connectivity index (χ3v) is 5.18. The summed E-state index contributed by atoms with van der Waals surface area (Å²) < 4.78 is 15.6. The molecule has 1 heterocycles. The minimum atomic E-state index is -0.455. The summed E-state index contributed by atoms with van der Waals surface area (Å²) in [6.07, 6.45) is 1.76. The standard InChI is InChI=1S/C20H17NO5S2/c1-24-16-6-4-3-5-15(16)21-19(23)17(28-20(21)27)11-13-7-9-14(10-8-13)26-12-18(22)25-2/h3-11H,12H2,1-2H3. The highest BCUT2D eigenvalue weighted by molar-refractivity contribution is 8.27. The molecule has 0 aromatic heterocycles. The summed E-state index contributed by atoms with van der Waals surface area (Å²) in [6.45, 7) is -0.159. The number of hydrogen-bond acceptors (Lipinski definition) is 7. The van der Waals surface area contributed by atoms with Gasteiger partial charge in [-0.05, 0) is 35.9 Å². The van der Waals surface area contributed by atoms with Crippen LogP contribution in [0.1, 0.15) is 5.56 Å². The van der Waals surface area contributed by atoms with Crippen LogP contribution in [-0.2, 0) is 14.3 Å². The number of amides is 1. The SMILES string of the molecule is COC(=O)COc1ccc(C=C2SC(=S)N(c3ccccc3OC)C2=O)cc1. The molecule has 144 valence electrons. The predicted molar refractivity (Wildman–Crippen MR) is 113 cm³/mol. The summed E-state index contributed by atoms with van der Waals surface area (Å²) in [7, 11) is 2.85. The van der Waals surface area contributed by atoms with Crippen molar-refractivity contribution in [2.75, 3.05) is 25.7 Å². The van der Waals surface area contributed by atoms with Crippen LogP contribution in [0, 0.1) is 0 Å². The van der Waals surface area contributed by atoms with Crippen molar-refractivity contribution in [3.63, 3.8) is 0 Å². The van der Waals surface area contributed by atoms with Crippen LogP contribution < -0.4 is 14.4 Å². The number of rotatable bonds is 6. The number of carbonyl (C=O) groups excluding carboxylic acids is 2. The molecule has 8 heteroatoms. The number of thioether (sulfide) groups is 1. The number of benzene rings is 2. The van der Waals surface area contributed by atoms with Crippen LogP contribution in [0.2, 0.25) is 0 Å². The van der Waals surface area contributed by atoms with Crippen molar-refractivity contribution in [3.8, 4) is 11.5 Å². The minimum Gasteiger partial charge on any atom is -0.495 e. The van der Waals surface area contributed by atoms with Gasteiger partial charge in [0.1, 0.15) is 11.5 Å². The summed E-state index contributed by atoms with van der Waals surface area (Å²) in [5.41, 5.74) is 1.42. The number of thiocarbonyl (C=S) groups is 1. The first kappa shape index (κ1) is 19.9. The Morgan fingerprint density at radius 3 is 2.54 bits per heavy atom. The Bertz CT molecular complexity index is 940. The smallest absolute Gasteiger partial charge is 0.343 e. The van der Waals surface area contributed by atoms with E-state index >= 15 is 0 Å².